The van der Waals surface area contributed by atoms with Crippen LogP contribution in [0.3, 0.4) is 0 Å². The summed E-state index contributed by atoms with van der Waals surface area (Å²) >= 11 is 0. The molecule has 4 heteroatoms. The van der Waals surface area contributed by atoms with Crippen molar-refractivity contribution in [1.29, 1.82) is 0 Å². The van der Waals surface area contributed by atoms with Crippen LogP contribution >= 0.6 is 0 Å². The Morgan fingerprint density at radius 1 is 0.388 bits per heavy atom. The van der Waals surface area contributed by atoms with Crippen LogP contribution in [0, 0.1) is 0 Å². The van der Waals surface area contributed by atoms with Crippen LogP contribution in [0.25, 0.3) is 67.1 Å². The molecule has 49 heavy (non-hydrogen) atoms. The summed E-state index contributed by atoms with van der Waals surface area (Å²) in [7, 11) is 0. The number of benzene rings is 7. The third kappa shape index (κ3) is 4.11. The average molecular weight is 629 g/mol. The molecule has 0 unspecified atom stereocenters. The monoisotopic (exact) mass is 628 g/mol. The lowest BCUT2D eigenvalue weighted by atomic mass is 9.67. The molecule has 0 saturated heterocycles. The lowest BCUT2D eigenvalue weighted by Crippen LogP contribution is -2.28. The van der Waals surface area contributed by atoms with Gasteiger partial charge in [0.05, 0.1) is 5.41 Å². The Balaban J connectivity index is 1.23. The van der Waals surface area contributed by atoms with E-state index >= 15 is 0 Å². The zero-order chi connectivity index (χ0) is 32.4. The van der Waals surface area contributed by atoms with E-state index in [4.69, 9.17) is 8.83 Å². The second kappa shape index (κ2) is 10.8. The van der Waals surface area contributed by atoms with Crippen molar-refractivity contribution < 1.29 is 8.83 Å². The number of aromatic nitrogens is 2. The SMILES string of the molecule is c1ccc(-c2nnc(-c3ccc4c(c3)C(c3ccccc3)(c3ccccc3)c3cc(-c5cccc6c5oc5ccccc56)ccc3-4)o2)cc1. The third-order valence-electron chi connectivity index (χ3n) is 9.96. The van der Waals surface area contributed by atoms with Crippen molar-refractivity contribution in [3.8, 4) is 45.2 Å². The number of hydrogen-bond donors (Lipinski definition) is 0. The Bertz CT molecular complexity index is 2620. The van der Waals surface area contributed by atoms with Crippen LogP contribution in [0.4, 0.5) is 0 Å². The van der Waals surface area contributed by atoms with Gasteiger partial charge in [-0.05, 0) is 75.3 Å². The normalized spacial score (nSPS) is 13.1. The first-order chi connectivity index (χ1) is 24.3. The van der Waals surface area contributed by atoms with Crippen molar-refractivity contribution >= 4 is 21.9 Å². The van der Waals surface area contributed by atoms with Crippen molar-refractivity contribution in [3.63, 3.8) is 0 Å². The van der Waals surface area contributed by atoms with E-state index in [0.29, 0.717) is 11.8 Å². The van der Waals surface area contributed by atoms with Crippen LogP contribution in [0.1, 0.15) is 22.3 Å². The maximum Gasteiger partial charge on any atom is 0.248 e. The molecule has 0 saturated carbocycles. The van der Waals surface area contributed by atoms with Gasteiger partial charge in [0.1, 0.15) is 11.2 Å². The van der Waals surface area contributed by atoms with Gasteiger partial charge in [-0.2, -0.15) is 0 Å². The van der Waals surface area contributed by atoms with E-state index in [0.717, 1.165) is 44.2 Å². The molecule has 0 radical (unpaired) electrons. The Morgan fingerprint density at radius 3 is 1.63 bits per heavy atom. The van der Waals surface area contributed by atoms with Gasteiger partial charge < -0.3 is 8.83 Å². The highest BCUT2D eigenvalue weighted by Crippen LogP contribution is 2.57. The number of rotatable bonds is 5. The standard InChI is InChI=1S/C45H28N2O2/c1-4-13-29(14-5-1)43-46-47-44(49-43)31-24-26-36-35-25-23-30(34-20-12-21-38-37-19-10-11-22-41(37)48-42(34)38)27-39(35)45(40(36)28-31,32-15-6-2-7-16-32)33-17-8-3-9-18-33/h1-28H. The minimum atomic E-state index is -0.608. The molecule has 1 aliphatic rings. The fourth-order valence-electron chi connectivity index (χ4n) is 7.80. The van der Waals surface area contributed by atoms with E-state index in [1.54, 1.807) is 0 Å². The van der Waals surface area contributed by atoms with Crippen LogP contribution in [0.15, 0.2) is 179 Å². The summed E-state index contributed by atoms with van der Waals surface area (Å²) in [4.78, 5) is 0. The summed E-state index contributed by atoms with van der Waals surface area (Å²) in [6, 6.07) is 59.7. The quantitative estimate of drug-likeness (QED) is 0.190. The highest BCUT2D eigenvalue weighted by molar-refractivity contribution is 6.09. The van der Waals surface area contributed by atoms with Crippen molar-refractivity contribution in [2.75, 3.05) is 0 Å². The van der Waals surface area contributed by atoms with Crippen LogP contribution in [-0.4, -0.2) is 10.2 Å². The number of para-hydroxylation sites is 2. The average Bonchev–Trinajstić information content (AvgIpc) is 3.89. The van der Waals surface area contributed by atoms with E-state index in [1.165, 1.54) is 33.4 Å². The first kappa shape index (κ1) is 27.6. The van der Waals surface area contributed by atoms with Gasteiger partial charge in [0.15, 0.2) is 0 Å². The maximum absolute atomic E-state index is 6.52. The van der Waals surface area contributed by atoms with Crippen molar-refractivity contribution in [2.45, 2.75) is 5.41 Å². The minimum Gasteiger partial charge on any atom is -0.455 e. The van der Waals surface area contributed by atoms with E-state index in [-0.39, 0.29) is 0 Å². The largest absolute Gasteiger partial charge is 0.455 e. The summed E-state index contributed by atoms with van der Waals surface area (Å²) in [5.74, 6) is 0.992. The summed E-state index contributed by atoms with van der Waals surface area (Å²) in [5, 5.41) is 11.2. The number of furan rings is 1. The van der Waals surface area contributed by atoms with Crippen molar-refractivity contribution in [3.05, 3.63) is 192 Å². The summed E-state index contributed by atoms with van der Waals surface area (Å²) in [5.41, 5.74) is 12.3. The van der Waals surface area contributed by atoms with Crippen LogP contribution < -0.4 is 0 Å². The molecule has 0 fully saturated rings. The Kier molecular flexibility index (Phi) is 6.06. The lowest BCUT2D eigenvalue weighted by Gasteiger charge is -2.34. The lowest BCUT2D eigenvalue weighted by molar-refractivity contribution is 0.584. The van der Waals surface area contributed by atoms with Crippen LogP contribution in [-0.2, 0) is 5.41 Å². The molecule has 9 aromatic rings. The van der Waals surface area contributed by atoms with Crippen molar-refractivity contribution in [1.82, 2.24) is 10.2 Å². The summed E-state index contributed by atoms with van der Waals surface area (Å²) in [6.45, 7) is 0. The molecule has 1 aliphatic carbocycles. The molecule has 0 amide bonds. The highest BCUT2D eigenvalue weighted by Gasteiger charge is 2.46. The predicted molar refractivity (Wildman–Crippen MR) is 195 cm³/mol. The van der Waals surface area contributed by atoms with Gasteiger partial charge in [0.25, 0.3) is 0 Å². The molecule has 2 aromatic heterocycles. The van der Waals surface area contributed by atoms with Crippen LogP contribution in [0.5, 0.6) is 0 Å². The van der Waals surface area contributed by atoms with E-state index in [1.807, 2.05) is 42.5 Å². The second-order valence-electron chi connectivity index (χ2n) is 12.6. The van der Waals surface area contributed by atoms with Gasteiger partial charge in [0, 0.05) is 27.5 Å². The smallest absolute Gasteiger partial charge is 0.248 e. The Morgan fingerprint density at radius 2 is 0.939 bits per heavy atom. The van der Waals surface area contributed by atoms with E-state index < -0.39 is 5.41 Å². The first-order valence-corrected chi connectivity index (χ1v) is 16.5. The van der Waals surface area contributed by atoms with Crippen molar-refractivity contribution in [2.24, 2.45) is 0 Å². The fraction of sp³-hybridized carbons (Fsp3) is 0.0222. The van der Waals surface area contributed by atoms with Gasteiger partial charge in [-0.1, -0.05) is 133 Å². The molecule has 0 atom stereocenters. The highest BCUT2D eigenvalue weighted by atomic mass is 16.4. The third-order valence-corrected chi connectivity index (χ3v) is 9.96. The van der Waals surface area contributed by atoms with Gasteiger partial charge in [-0.3, -0.25) is 0 Å². The number of nitrogens with zero attached hydrogens (tertiary/aromatic N) is 2. The molecule has 0 spiro atoms. The number of fused-ring (bicyclic) bond motifs is 6. The predicted octanol–water partition coefficient (Wildman–Crippen LogP) is 11.3. The van der Waals surface area contributed by atoms with Crippen LogP contribution in [0.2, 0.25) is 0 Å². The Labute approximate surface area is 282 Å². The van der Waals surface area contributed by atoms with E-state index in [2.05, 4.69) is 138 Å². The fourth-order valence-corrected chi connectivity index (χ4v) is 7.80. The second-order valence-corrected chi connectivity index (χ2v) is 12.6. The summed E-state index contributed by atoms with van der Waals surface area (Å²) < 4.78 is 12.8. The molecule has 10 rings (SSSR count). The van der Waals surface area contributed by atoms with Gasteiger partial charge >= 0.3 is 0 Å². The first-order valence-electron chi connectivity index (χ1n) is 16.5. The minimum absolute atomic E-state index is 0.491. The molecule has 4 nitrogen and oxygen atoms in total. The summed E-state index contributed by atoms with van der Waals surface area (Å²) in [6.07, 6.45) is 0. The molecule has 2 heterocycles. The van der Waals surface area contributed by atoms with Gasteiger partial charge in [-0.25, -0.2) is 0 Å². The molecule has 7 aromatic carbocycles. The van der Waals surface area contributed by atoms with Gasteiger partial charge in [0.2, 0.25) is 11.8 Å². The van der Waals surface area contributed by atoms with E-state index in [9.17, 15) is 0 Å². The zero-order valence-electron chi connectivity index (χ0n) is 26.4. The molecule has 230 valence electrons. The number of hydrogen-bond acceptors (Lipinski definition) is 4. The molecule has 0 aliphatic heterocycles. The molecule has 0 N–H and O–H groups in total. The molecule has 0 bridgehead atoms. The molecular formula is C45H28N2O2. The maximum atomic E-state index is 6.52. The van der Waals surface area contributed by atoms with Gasteiger partial charge in [-0.15, -0.1) is 10.2 Å². The Hall–Kier alpha value is -6.52. The molecular weight excluding hydrogens is 601 g/mol. The zero-order valence-corrected chi connectivity index (χ0v) is 26.4. The topological polar surface area (TPSA) is 52.1 Å².